The largest absolute Gasteiger partial charge is 0.378 e. The molecule has 0 aliphatic heterocycles. The molecule has 1 rings (SSSR count). The summed E-state index contributed by atoms with van der Waals surface area (Å²) in [5, 5.41) is 0.597. The van der Waals surface area contributed by atoms with Gasteiger partial charge in [-0.2, -0.15) is 11.8 Å². The van der Waals surface area contributed by atoms with E-state index in [4.69, 9.17) is 0 Å². The van der Waals surface area contributed by atoms with Gasteiger partial charge in [0.05, 0.1) is 0 Å². The highest BCUT2D eigenvalue weighted by atomic mass is 32.2. The van der Waals surface area contributed by atoms with Crippen LogP contribution in [0.25, 0.3) is 0 Å². The van der Waals surface area contributed by atoms with Crippen molar-refractivity contribution in [2.75, 3.05) is 24.7 Å². The Bertz CT molecular complexity index is 283. The van der Waals surface area contributed by atoms with E-state index in [1.165, 1.54) is 17.0 Å². The van der Waals surface area contributed by atoms with E-state index in [0.29, 0.717) is 5.25 Å². The fourth-order valence-corrected chi connectivity index (χ4v) is 2.24. The molecule has 0 amide bonds. The van der Waals surface area contributed by atoms with Gasteiger partial charge in [0.2, 0.25) is 0 Å². The lowest BCUT2D eigenvalue weighted by Crippen LogP contribution is -2.08. The Hall–Kier alpha value is -0.630. The van der Waals surface area contributed by atoms with Crippen LogP contribution in [-0.2, 0) is 0 Å². The van der Waals surface area contributed by atoms with Crippen molar-refractivity contribution in [3.05, 3.63) is 29.8 Å². The molecule has 1 aromatic carbocycles. The fraction of sp³-hybridized carbons (Fsp3) is 0.500. The second-order valence-corrected chi connectivity index (χ2v) is 5.20. The van der Waals surface area contributed by atoms with Crippen molar-refractivity contribution in [3.63, 3.8) is 0 Å². The smallest absolute Gasteiger partial charge is 0.0364 e. The summed E-state index contributed by atoms with van der Waals surface area (Å²) in [6.07, 6.45) is 0. The number of hydrogen-bond donors (Lipinski definition) is 0. The van der Waals surface area contributed by atoms with Gasteiger partial charge in [-0.25, -0.2) is 0 Å². The van der Waals surface area contributed by atoms with Gasteiger partial charge < -0.3 is 4.90 Å². The molecule has 0 fully saturated rings. The van der Waals surface area contributed by atoms with Crippen LogP contribution in [-0.4, -0.2) is 19.8 Å². The lowest BCUT2D eigenvalue weighted by molar-refractivity contribution is 1.07. The first-order valence-corrected chi connectivity index (χ1v) is 6.09. The Morgan fingerprint density at radius 3 is 2.64 bits per heavy atom. The number of anilines is 1. The van der Waals surface area contributed by atoms with Crippen molar-refractivity contribution in [2.24, 2.45) is 0 Å². The number of rotatable bonds is 4. The Labute approximate surface area is 91.5 Å². The third kappa shape index (κ3) is 2.95. The number of nitrogens with zero attached hydrogens (tertiary/aromatic N) is 1. The summed E-state index contributed by atoms with van der Waals surface area (Å²) in [4.78, 5) is 2.15. The SMILES string of the molecule is CCSC(C)c1cccc(N(C)C)c1. The molecular formula is C12H19NS. The molecule has 0 radical (unpaired) electrons. The molecule has 2 heteroatoms. The normalized spacial score (nSPS) is 12.6. The van der Waals surface area contributed by atoms with Crippen LogP contribution in [0.3, 0.4) is 0 Å². The predicted octanol–water partition coefficient (Wildman–Crippen LogP) is 3.57. The highest BCUT2D eigenvalue weighted by Gasteiger charge is 2.05. The van der Waals surface area contributed by atoms with E-state index < -0.39 is 0 Å². The van der Waals surface area contributed by atoms with Crippen LogP contribution >= 0.6 is 11.8 Å². The van der Waals surface area contributed by atoms with E-state index >= 15 is 0 Å². The van der Waals surface area contributed by atoms with Crippen LogP contribution in [0.1, 0.15) is 24.7 Å². The van der Waals surface area contributed by atoms with Crippen molar-refractivity contribution in [1.82, 2.24) is 0 Å². The van der Waals surface area contributed by atoms with E-state index in [-0.39, 0.29) is 0 Å². The van der Waals surface area contributed by atoms with Gasteiger partial charge in [-0.15, -0.1) is 0 Å². The molecule has 0 aromatic heterocycles. The van der Waals surface area contributed by atoms with Crippen LogP contribution in [0.2, 0.25) is 0 Å². The molecule has 0 spiro atoms. The molecule has 1 nitrogen and oxygen atoms in total. The second kappa shape index (κ2) is 5.30. The standard InChI is InChI=1S/C12H19NS/c1-5-14-10(2)11-7-6-8-12(9-11)13(3)4/h6-10H,5H2,1-4H3. The fourth-order valence-electron chi connectivity index (χ4n) is 1.40. The third-order valence-corrected chi connectivity index (χ3v) is 3.38. The zero-order valence-corrected chi connectivity index (χ0v) is 10.3. The van der Waals surface area contributed by atoms with Gasteiger partial charge in [-0.3, -0.25) is 0 Å². The molecule has 0 aliphatic carbocycles. The van der Waals surface area contributed by atoms with Gasteiger partial charge >= 0.3 is 0 Å². The van der Waals surface area contributed by atoms with E-state index in [0.717, 1.165) is 0 Å². The molecule has 14 heavy (non-hydrogen) atoms. The molecule has 0 bridgehead atoms. The molecule has 0 N–H and O–H groups in total. The van der Waals surface area contributed by atoms with E-state index in [1.807, 2.05) is 11.8 Å². The lowest BCUT2D eigenvalue weighted by Gasteiger charge is -2.16. The van der Waals surface area contributed by atoms with Gasteiger partial charge in [-0.05, 0) is 30.4 Å². The zero-order chi connectivity index (χ0) is 10.6. The van der Waals surface area contributed by atoms with Gasteiger partial charge in [0.25, 0.3) is 0 Å². The average Bonchev–Trinajstić information content (AvgIpc) is 2.18. The van der Waals surface area contributed by atoms with Crippen molar-refractivity contribution < 1.29 is 0 Å². The van der Waals surface area contributed by atoms with E-state index in [9.17, 15) is 0 Å². The molecule has 0 saturated heterocycles. The molecule has 1 atom stereocenters. The summed E-state index contributed by atoms with van der Waals surface area (Å²) in [7, 11) is 4.16. The molecule has 0 saturated carbocycles. The van der Waals surface area contributed by atoms with Gasteiger partial charge in [-0.1, -0.05) is 19.1 Å². The first-order chi connectivity index (χ1) is 6.65. The quantitative estimate of drug-likeness (QED) is 0.746. The minimum Gasteiger partial charge on any atom is -0.378 e. The number of thioether (sulfide) groups is 1. The van der Waals surface area contributed by atoms with E-state index in [2.05, 4.69) is 57.1 Å². The van der Waals surface area contributed by atoms with Crippen LogP contribution in [0.5, 0.6) is 0 Å². The van der Waals surface area contributed by atoms with Crippen molar-refractivity contribution in [3.8, 4) is 0 Å². The summed E-state index contributed by atoms with van der Waals surface area (Å²) < 4.78 is 0. The summed E-state index contributed by atoms with van der Waals surface area (Å²) in [5.74, 6) is 1.17. The van der Waals surface area contributed by atoms with Gasteiger partial charge in [0.15, 0.2) is 0 Å². The maximum absolute atomic E-state index is 2.27. The Kier molecular flexibility index (Phi) is 4.33. The molecular weight excluding hydrogens is 190 g/mol. The summed E-state index contributed by atoms with van der Waals surface area (Å²) in [6.45, 7) is 4.47. The second-order valence-electron chi connectivity index (χ2n) is 3.59. The summed E-state index contributed by atoms with van der Waals surface area (Å²) in [5.41, 5.74) is 2.70. The highest BCUT2D eigenvalue weighted by molar-refractivity contribution is 7.99. The average molecular weight is 209 g/mol. The Morgan fingerprint density at radius 1 is 1.36 bits per heavy atom. The van der Waals surface area contributed by atoms with Crippen LogP contribution in [0, 0.1) is 0 Å². The topological polar surface area (TPSA) is 3.24 Å². The minimum atomic E-state index is 0.597. The monoisotopic (exact) mass is 209 g/mol. The predicted molar refractivity (Wildman–Crippen MR) is 67.3 cm³/mol. The van der Waals surface area contributed by atoms with Crippen molar-refractivity contribution in [2.45, 2.75) is 19.1 Å². The molecule has 78 valence electrons. The summed E-state index contributed by atoms with van der Waals surface area (Å²) in [6, 6.07) is 8.76. The Morgan fingerprint density at radius 2 is 2.07 bits per heavy atom. The van der Waals surface area contributed by atoms with Crippen molar-refractivity contribution in [1.29, 1.82) is 0 Å². The van der Waals surface area contributed by atoms with E-state index in [1.54, 1.807) is 0 Å². The molecule has 0 heterocycles. The number of benzene rings is 1. The van der Waals surface area contributed by atoms with Gasteiger partial charge in [0, 0.05) is 25.0 Å². The first kappa shape index (κ1) is 11.4. The molecule has 1 aromatic rings. The maximum atomic E-state index is 2.27. The van der Waals surface area contributed by atoms with Crippen LogP contribution in [0.15, 0.2) is 24.3 Å². The van der Waals surface area contributed by atoms with Gasteiger partial charge in [0.1, 0.15) is 0 Å². The minimum absolute atomic E-state index is 0.597. The third-order valence-electron chi connectivity index (χ3n) is 2.27. The zero-order valence-electron chi connectivity index (χ0n) is 9.45. The van der Waals surface area contributed by atoms with Crippen LogP contribution < -0.4 is 4.90 Å². The lowest BCUT2D eigenvalue weighted by atomic mass is 10.1. The van der Waals surface area contributed by atoms with Crippen molar-refractivity contribution >= 4 is 17.4 Å². The first-order valence-electron chi connectivity index (χ1n) is 5.04. The molecule has 0 aliphatic rings. The van der Waals surface area contributed by atoms with Crippen LogP contribution in [0.4, 0.5) is 5.69 Å². The highest BCUT2D eigenvalue weighted by Crippen LogP contribution is 2.29. The molecule has 1 unspecified atom stereocenters. The Balaban J connectivity index is 2.82. The summed E-state index contributed by atoms with van der Waals surface area (Å²) >= 11 is 1.99. The number of hydrogen-bond acceptors (Lipinski definition) is 2. The maximum Gasteiger partial charge on any atom is 0.0364 e.